The molecule has 1 saturated heterocycles. The molecule has 1 unspecified atom stereocenters. The zero-order valence-corrected chi connectivity index (χ0v) is 10.6. The molecule has 0 saturated carbocycles. The Labute approximate surface area is 103 Å². The number of hydrogen-bond acceptors (Lipinski definition) is 2. The SMILES string of the molecule is CC(=O)O[C@H]1CC[N+](C)(Cc2ccccc2)C1. The molecule has 2 rings (SSSR count). The Morgan fingerprint density at radius 2 is 2.12 bits per heavy atom. The molecule has 3 heteroatoms. The van der Waals surface area contributed by atoms with Gasteiger partial charge in [0.05, 0.1) is 13.6 Å². The monoisotopic (exact) mass is 234 g/mol. The topological polar surface area (TPSA) is 26.3 Å². The van der Waals surface area contributed by atoms with Crippen molar-refractivity contribution in [2.75, 3.05) is 20.1 Å². The van der Waals surface area contributed by atoms with Crippen molar-refractivity contribution >= 4 is 5.97 Å². The number of likely N-dealkylation sites (tertiary alicyclic amines) is 1. The molecule has 3 nitrogen and oxygen atoms in total. The summed E-state index contributed by atoms with van der Waals surface area (Å²) in [4.78, 5) is 10.9. The lowest BCUT2D eigenvalue weighted by Crippen LogP contribution is -2.41. The van der Waals surface area contributed by atoms with Crippen LogP contribution >= 0.6 is 0 Å². The predicted molar refractivity (Wildman–Crippen MR) is 66.2 cm³/mol. The minimum absolute atomic E-state index is 0.0983. The van der Waals surface area contributed by atoms with Crippen molar-refractivity contribution in [1.82, 2.24) is 0 Å². The van der Waals surface area contributed by atoms with E-state index in [1.165, 1.54) is 12.5 Å². The first-order valence-corrected chi connectivity index (χ1v) is 6.12. The minimum atomic E-state index is -0.164. The van der Waals surface area contributed by atoms with E-state index in [4.69, 9.17) is 4.74 Å². The number of nitrogens with zero attached hydrogens (tertiary/aromatic N) is 1. The molecule has 17 heavy (non-hydrogen) atoms. The van der Waals surface area contributed by atoms with Gasteiger partial charge in [0.25, 0.3) is 0 Å². The summed E-state index contributed by atoms with van der Waals surface area (Å²) >= 11 is 0. The standard InChI is InChI=1S/C14H20NO2/c1-12(16)17-14-8-9-15(2,11-14)10-13-6-4-3-5-7-13/h3-7,14H,8-11H2,1-2H3/q+1/t14-,15?/m0/s1. The number of carbonyl (C=O) groups is 1. The Bertz CT molecular complexity index is 390. The van der Waals surface area contributed by atoms with Gasteiger partial charge in [-0.15, -0.1) is 0 Å². The molecule has 92 valence electrons. The summed E-state index contributed by atoms with van der Waals surface area (Å²) in [5.74, 6) is -0.164. The van der Waals surface area contributed by atoms with E-state index < -0.39 is 0 Å². The largest absolute Gasteiger partial charge is 0.456 e. The molecular weight excluding hydrogens is 214 g/mol. The van der Waals surface area contributed by atoms with Crippen molar-refractivity contribution in [2.24, 2.45) is 0 Å². The van der Waals surface area contributed by atoms with E-state index in [0.717, 1.165) is 30.5 Å². The second-order valence-corrected chi connectivity index (χ2v) is 5.19. The van der Waals surface area contributed by atoms with Crippen LogP contribution in [0, 0.1) is 0 Å². The Morgan fingerprint density at radius 3 is 2.76 bits per heavy atom. The van der Waals surface area contributed by atoms with Crippen LogP contribution in [0.25, 0.3) is 0 Å². The number of hydrogen-bond donors (Lipinski definition) is 0. The molecule has 0 aromatic heterocycles. The van der Waals surface area contributed by atoms with Crippen molar-refractivity contribution < 1.29 is 14.0 Å². The molecule has 1 aliphatic heterocycles. The smallest absolute Gasteiger partial charge is 0.303 e. The average molecular weight is 234 g/mol. The molecule has 0 amide bonds. The Kier molecular flexibility index (Phi) is 3.48. The van der Waals surface area contributed by atoms with Gasteiger partial charge in [-0.3, -0.25) is 4.79 Å². The number of quaternary nitrogens is 1. The first-order valence-electron chi connectivity index (χ1n) is 6.12. The molecule has 0 radical (unpaired) electrons. The van der Waals surface area contributed by atoms with Crippen molar-refractivity contribution in [3.63, 3.8) is 0 Å². The van der Waals surface area contributed by atoms with Gasteiger partial charge in [0, 0.05) is 18.9 Å². The Hall–Kier alpha value is -1.35. The van der Waals surface area contributed by atoms with E-state index in [1.807, 2.05) is 6.07 Å². The van der Waals surface area contributed by atoms with Crippen LogP contribution in [-0.2, 0) is 16.1 Å². The van der Waals surface area contributed by atoms with Crippen LogP contribution in [0.1, 0.15) is 18.9 Å². The highest BCUT2D eigenvalue weighted by molar-refractivity contribution is 5.66. The Balaban J connectivity index is 1.95. The fraction of sp³-hybridized carbons (Fsp3) is 0.500. The lowest BCUT2D eigenvalue weighted by molar-refractivity contribution is -0.912. The quantitative estimate of drug-likeness (QED) is 0.590. The van der Waals surface area contributed by atoms with Crippen LogP contribution in [0.15, 0.2) is 30.3 Å². The molecule has 0 N–H and O–H groups in total. The molecule has 0 aliphatic carbocycles. The fourth-order valence-electron chi connectivity index (χ4n) is 2.63. The maximum atomic E-state index is 10.9. The van der Waals surface area contributed by atoms with Gasteiger partial charge in [0.15, 0.2) is 6.10 Å². The Morgan fingerprint density at radius 1 is 1.41 bits per heavy atom. The molecule has 1 aromatic carbocycles. The summed E-state index contributed by atoms with van der Waals surface area (Å²) in [6.07, 6.45) is 1.07. The second kappa shape index (κ2) is 4.88. The normalized spacial score (nSPS) is 28.0. The lowest BCUT2D eigenvalue weighted by Gasteiger charge is -2.29. The number of ether oxygens (including phenoxy) is 1. The number of likely N-dealkylation sites (N-methyl/N-ethyl adjacent to an activating group) is 1. The summed E-state index contributed by atoms with van der Waals surface area (Å²) < 4.78 is 6.25. The van der Waals surface area contributed by atoms with Gasteiger partial charge in [-0.2, -0.15) is 0 Å². The summed E-state index contributed by atoms with van der Waals surface area (Å²) in [6, 6.07) is 10.5. The van der Waals surface area contributed by atoms with Crippen LogP contribution in [0.4, 0.5) is 0 Å². The van der Waals surface area contributed by atoms with Gasteiger partial charge in [0.2, 0.25) is 0 Å². The van der Waals surface area contributed by atoms with Crippen molar-refractivity contribution in [3.8, 4) is 0 Å². The molecular formula is C14H20NO2+. The van der Waals surface area contributed by atoms with E-state index in [-0.39, 0.29) is 12.1 Å². The highest BCUT2D eigenvalue weighted by atomic mass is 16.5. The highest BCUT2D eigenvalue weighted by Gasteiger charge is 2.36. The summed E-state index contributed by atoms with van der Waals surface area (Å²) in [5.41, 5.74) is 1.35. The van der Waals surface area contributed by atoms with Crippen molar-refractivity contribution in [1.29, 1.82) is 0 Å². The van der Waals surface area contributed by atoms with Crippen LogP contribution < -0.4 is 0 Å². The number of carbonyl (C=O) groups excluding carboxylic acids is 1. The number of esters is 1. The zero-order valence-electron chi connectivity index (χ0n) is 10.6. The molecule has 1 heterocycles. The first-order chi connectivity index (χ1) is 8.07. The molecule has 2 atom stereocenters. The molecule has 1 fully saturated rings. The first kappa shape index (κ1) is 12.1. The van der Waals surface area contributed by atoms with Gasteiger partial charge < -0.3 is 9.22 Å². The van der Waals surface area contributed by atoms with E-state index in [1.54, 1.807) is 0 Å². The predicted octanol–water partition coefficient (Wildman–Crippen LogP) is 1.97. The van der Waals surface area contributed by atoms with E-state index >= 15 is 0 Å². The van der Waals surface area contributed by atoms with Gasteiger partial charge in [-0.25, -0.2) is 0 Å². The third kappa shape index (κ3) is 3.30. The molecule has 0 spiro atoms. The number of benzene rings is 1. The summed E-state index contributed by atoms with van der Waals surface area (Å²) in [7, 11) is 2.23. The van der Waals surface area contributed by atoms with E-state index in [9.17, 15) is 4.79 Å². The zero-order chi connectivity index (χ0) is 12.3. The maximum Gasteiger partial charge on any atom is 0.303 e. The third-order valence-corrected chi connectivity index (χ3v) is 3.38. The van der Waals surface area contributed by atoms with Gasteiger partial charge in [-0.05, 0) is 0 Å². The molecule has 1 aromatic rings. The second-order valence-electron chi connectivity index (χ2n) is 5.19. The lowest BCUT2D eigenvalue weighted by atomic mass is 10.2. The minimum Gasteiger partial charge on any atom is -0.456 e. The average Bonchev–Trinajstić information content (AvgIpc) is 2.60. The molecule has 0 bridgehead atoms. The van der Waals surface area contributed by atoms with Crippen molar-refractivity contribution in [2.45, 2.75) is 26.0 Å². The van der Waals surface area contributed by atoms with Gasteiger partial charge in [0.1, 0.15) is 13.1 Å². The van der Waals surface area contributed by atoms with Gasteiger partial charge in [-0.1, -0.05) is 30.3 Å². The summed E-state index contributed by atoms with van der Waals surface area (Å²) in [6.45, 7) is 4.50. The third-order valence-electron chi connectivity index (χ3n) is 3.38. The van der Waals surface area contributed by atoms with Gasteiger partial charge >= 0.3 is 5.97 Å². The van der Waals surface area contributed by atoms with Crippen LogP contribution in [0.5, 0.6) is 0 Å². The maximum absolute atomic E-state index is 10.9. The number of rotatable bonds is 3. The molecule has 1 aliphatic rings. The van der Waals surface area contributed by atoms with Crippen LogP contribution in [0.3, 0.4) is 0 Å². The summed E-state index contributed by atoms with van der Waals surface area (Å²) in [5, 5.41) is 0. The van der Waals surface area contributed by atoms with Crippen LogP contribution in [-0.4, -0.2) is 36.7 Å². The van der Waals surface area contributed by atoms with Crippen molar-refractivity contribution in [3.05, 3.63) is 35.9 Å². The van der Waals surface area contributed by atoms with E-state index in [2.05, 4.69) is 31.3 Å². The van der Waals surface area contributed by atoms with Crippen LogP contribution in [0.2, 0.25) is 0 Å². The fourth-order valence-corrected chi connectivity index (χ4v) is 2.63. The highest BCUT2D eigenvalue weighted by Crippen LogP contribution is 2.23. The van der Waals surface area contributed by atoms with E-state index in [0.29, 0.717) is 0 Å².